The van der Waals surface area contributed by atoms with E-state index < -0.39 is 10.0 Å². The molecule has 0 saturated heterocycles. The maximum Gasteiger partial charge on any atom is 0.244 e. The summed E-state index contributed by atoms with van der Waals surface area (Å²) in [5.41, 5.74) is 1.45. The number of nitrogens with one attached hydrogen (secondary N) is 2. The summed E-state index contributed by atoms with van der Waals surface area (Å²) < 4.78 is 27.4. The van der Waals surface area contributed by atoms with Crippen LogP contribution >= 0.6 is 0 Å². The maximum atomic E-state index is 12.3. The average molecular weight is 285 g/mol. The molecule has 5 nitrogen and oxygen atoms in total. The van der Waals surface area contributed by atoms with E-state index in [9.17, 15) is 8.42 Å². The Kier molecular flexibility index (Phi) is 3.10. The van der Waals surface area contributed by atoms with Gasteiger partial charge in [0, 0.05) is 6.54 Å². The third-order valence-corrected chi connectivity index (χ3v) is 6.81. The molecular formula is C13H23N3O2S. The normalized spacial score (nSPS) is 21.6. The molecular weight excluding hydrogens is 262 g/mol. The van der Waals surface area contributed by atoms with Gasteiger partial charge in [-0.2, -0.15) is 5.10 Å². The second-order valence-corrected chi connectivity index (χ2v) is 8.31. The fraction of sp³-hybridized carbons (Fsp3) is 0.769. The molecule has 2 rings (SSSR count). The molecule has 1 aliphatic rings. The lowest BCUT2D eigenvalue weighted by Crippen LogP contribution is -2.28. The van der Waals surface area contributed by atoms with E-state index >= 15 is 0 Å². The van der Waals surface area contributed by atoms with Crippen LogP contribution in [0.15, 0.2) is 4.90 Å². The van der Waals surface area contributed by atoms with E-state index in [1.165, 1.54) is 0 Å². The zero-order valence-corrected chi connectivity index (χ0v) is 13.3. The van der Waals surface area contributed by atoms with E-state index in [-0.39, 0.29) is 15.7 Å². The minimum atomic E-state index is -3.48. The van der Waals surface area contributed by atoms with Crippen LogP contribution in [0, 0.1) is 30.6 Å². The van der Waals surface area contributed by atoms with Gasteiger partial charge in [0.2, 0.25) is 10.0 Å². The van der Waals surface area contributed by atoms with Gasteiger partial charge in [-0.25, -0.2) is 13.1 Å². The monoisotopic (exact) mass is 285 g/mol. The van der Waals surface area contributed by atoms with Gasteiger partial charge in [0.15, 0.2) is 0 Å². The van der Waals surface area contributed by atoms with Crippen molar-refractivity contribution < 1.29 is 8.42 Å². The van der Waals surface area contributed by atoms with Crippen LogP contribution in [0.3, 0.4) is 0 Å². The summed E-state index contributed by atoms with van der Waals surface area (Å²) in [6.07, 6.45) is 0. The topological polar surface area (TPSA) is 74.8 Å². The van der Waals surface area contributed by atoms with E-state index in [4.69, 9.17) is 0 Å². The zero-order chi connectivity index (χ0) is 14.6. The summed E-state index contributed by atoms with van der Waals surface area (Å²) in [4.78, 5) is 0.281. The lowest BCUT2D eigenvalue weighted by atomic mass is 10.0. The zero-order valence-electron chi connectivity index (χ0n) is 12.5. The Bertz CT molecular complexity index is 566. The standard InChI is InChI=1S/C13H23N3O2S/c1-8-11(9(2)16-15-8)19(17,18)14-7-10-12(3,4)13(10,5)6/h10,14H,7H2,1-6H3,(H,15,16). The van der Waals surface area contributed by atoms with Crippen molar-refractivity contribution >= 4 is 10.0 Å². The van der Waals surface area contributed by atoms with Gasteiger partial charge in [-0.3, -0.25) is 5.10 Å². The first-order valence-electron chi connectivity index (χ1n) is 6.53. The van der Waals surface area contributed by atoms with Crippen LogP contribution in [0.1, 0.15) is 39.1 Å². The number of rotatable bonds is 4. The number of nitrogens with zero attached hydrogens (tertiary/aromatic N) is 1. The van der Waals surface area contributed by atoms with Crippen molar-refractivity contribution in [3.8, 4) is 0 Å². The highest BCUT2D eigenvalue weighted by Crippen LogP contribution is 2.67. The molecule has 0 amide bonds. The Labute approximate surface area is 115 Å². The highest BCUT2D eigenvalue weighted by Gasteiger charge is 2.64. The van der Waals surface area contributed by atoms with Gasteiger partial charge in [0.05, 0.1) is 11.4 Å². The lowest BCUT2D eigenvalue weighted by molar-refractivity contribution is 0.457. The first kappa shape index (κ1) is 14.5. The highest BCUT2D eigenvalue weighted by molar-refractivity contribution is 7.89. The number of aryl methyl sites for hydroxylation is 2. The van der Waals surface area contributed by atoms with Gasteiger partial charge in [0.25, 0.3) is 0 Å². The van der Waals surface area contributed by atoms with Crippen molar-refractivity contribution in [1.29, 1.82) is 0 Å². The Morgan fingerprint density at radius 2 is 1.74 bits per heavy atom. The van der Waals surface area contributed by atoms with Crippen LogP contribution in [0.2, 0.25) is 0 Å². The molecule has 1 fully saturated rings. The molecule has 1 saturated carbocycles. The Hall–Kier alpha value is -0.880. The van der Waals surface area contributed by atoms with E-state index in [2.05, 4.69) is 42.6 Å². The largest absolute Gasteiger partial charge is 0.281 e. The van der Waals surface area contributed by atoms with Crippen LogP contribution in [0.25, 0.3) is 0 Å². The average Bonchev–Trinajstić information content (AvgIpc) is 2.54. The van der Waals surface area contributed by atoms with Crippen molar-refractivity contribution in [3.05, 3.63) is 11.4 Å². The summed E-state index contributed by atoms with van der Waals surface area (Å²) in [5.74, 6) is 0.363. The maximum absolute atomic E-state index is 12.3. The molecule has 0 spiro atoms. The first-order valence-corrected chi connectivity index (χ1v) is 8.01. The Morgan fingerprint density at radius 3 is 2.11 bits per heavy atom. The summed E-state index contributed by atoms with van der Waals surface area (Å²) >= 11 is 0. The molecule has 6 heteroatoms. The Morgan fingerprint density at radius 1 is 1.21 bits per heavy atom. The predicted molar refractivity (Wildman–Crippen MR) is 74.3 cm³/mol. The number of sulfonamides is 1. The number of H-pyrrole nitrogens is 1. The van der Waals surface area contributed by atoms with Crippen LogP contribution in [0.4, 0.5) is 0 Å². The quantitative estimate of drug-likeness (QED) is 0.888. The molecule has 0 atom stereocenters. The number of aromatic nitrogens is 2. The molecule has 1 heterocycles. The lowest BCUT2D eigenvalue weighted by Gasteiger charge is -2.07. The number of hydrogen-bond donors (Lipinski definition) is 2. The minimum absolute atomic E-state index is 0.177. The third kappa shape index (κ3) is 2.10. The third-order valence-electron chi connectivity index (χ3n) is 5.13. The number of aromatic amines is 1. The number of hydrogen-bond acceptors (Lipinski definition) is 3. The van der Waals surface area contributed by atoms with E-state index in [1.807, 2.05) is 0 Å². The first-order chi connectivity index (χ1) is 8.52. The summed E-state index contributed by atoms with van der Waals surface area (Å²) in [6, 6.07) is 0. The van der Waals surface area contributed by atoms with Crippen molar-refractivity contribution in [2.45, 2.75) is 46.4 Å². The molecule has 19 heavy (non-hydrogen) atoms. The molecule has 108 valence electrons. The molecule has 0 unspecified atom stereocenters. The van der Waals surface area contributed by atoms with Gasteiger partial charge < -0.3 is 0 Å². The summed E-state index contributed by atoms with van der Waals surface area (Å²) in [7, 11) is -3.48. The molecule has 0 aliphatic heterocycles. The van der Waals surface area contributed by atoms with Gasteiger partial charge in [-0.15, -0.1) is 0 Å². The highest BCUT2D eigenvalue weighted by atomic mass is 32.2. The fourth-order valence-corrected chi connectivity index (χ4v) is 4.46. The molecule has 0 radical (unpaired) electrons. The Balaban J connectivity index is 2.13. The van der Waals surface area contributed by atoms with Gasteiger partial charge in [-0.05, 0) is 30.6 Å². The van der Waals surface area contributed by atoms with Crippen LogP contribution in [-0.2, 0) is 10.0 Å². The van der Waals surface area contributed by atoms with Crippen molar-refractivity contribution in [2.75, 3.05) is 6.54 Å². The van der Waals surface area contributed by atoms with Crippen LogP contribution in [0.5, 0.6) is 0 Å². The van der Waals surface area contributed by atoms with Gasteiger partial charge in [0.1, 0.15) is 4.90 Å². The molecule has 2 N–H and O–H groups in total. The fourth-order valence-electron chi connectivity index (χ4n) is 3.05. The predicted octanol–water partition coefficient (Wildman–Crippen LogP) is 1.99. The molecule has 1 aromatic rings. The van der Waals surface area contributed by atoms with E-state index in [0.29, 0.717) is 23.9 Å². The second-order valence-electron chi connectivity index (χ2n) is 6.61. The SMILES string of the molecule is Cc1n[nH]c(C)c1S(=O)(=O)NCC1C(C)(C)C1(C)C. The van der Waals surface area contributed by atoms with E-state index in [0.717, 1.165) is 0 Å². The molecule has 1 aromatic heterocycles. The smallest absolute Gasteiger partial charge is 0.244 e. The van der Waals surface area contributed by atoms with Gasteiger partial charge >= 0.3 is 0 Å². The van der Waals surface area contributed by atoms with Crippen molar-refractivity contribution in [2.24, 2.45) is 16.7 Å². The van der Waals surface area contributed by atoms with Crippen LogP contribution in [-0.4, -0.2) is 25.2 Å². The second kappa shape index (κ2) is 4.06. The van der Waals surface area contributed by atoms with E-state index in [1.54, 1.807) is 13.8 Å². The summed E-state index contributed by atoms with van der Waals surface area (Å²) in [5, 5.41) is 6.65. The van der Waals surface area contributed by atoms with Gasteiger partial charge in [-0.1, -0.05) is 27.7 Å². The molecule has 0 aromatic carbocycles. The minimum Gasteiger partial charge on any atom is -0.281 e. The summed E-state index contributed by atoms with van der Waals surface area (Å²) in [6.45, 7) is 12.6. The van der Waals surface area contributed by atoms with Crippen molar-refractivity contribution in [1.82, 2.24) is 14.9 Å². The van der Waals surface area contributed by atoms with Crippen LogP contribution < -0.4 is 4.72 Å². The van der Waals surface area contributed by atoms with Crippen molar-refractivity contribution in [3.63, 3.8) is 0 Å². The molecule has 0 bridgehead atoms. The molecule has 1 aliphatic carbocycles.